The van der Waals surface area contributed by atoms with Gasteiger partial charge in [0.2, 0.25) is 0 Å². The Labute approximate surface area is 385 Å². The van der Waals surface area contributed by atoms with Gasteiger partial charge in [0.05, 0.1) is 11.2 Å². The van der Waals surface area contributed by atoms with Crippen LogP contribution >= 0.6 is 11.3 Å². The maximum atomic E-state index is 4.66. The van der Waals surface area contributed by atoms with Crippen LogP contribution in [0.3, 0.4) is 0 Å². The fourth-order valence-corrected chi connectivity index (χ4v) is 12.3. The molecule has 8 aromatic carbocycles. The van der Waals surface area contributed by atoms with E-state index in [0.717, 1.165) is 33.9 Å². The van der Waals surface area contributed by atoms with E-state index in [2.05, 4.69) is 228 Å². The minimum absolute atomic E-state index is 0.0689. The van der Waals surface area contributed by atoms with Gasteiger partial charge in [0.1, 0.15) is 0 Å². The number of aromatic nitrogens is 1. The number of anilines is 3. The fourth-order valence-electron chi connectivity index (χ4n) is 11.2. The second-order valence-corrected chi connectivity index (χ2v) is 20.9. The van der Waals surface area contributed by atoms with Crippen molar-refractivity contribution in [3.8, 4) is 27.9 Å². The first-order valence-corrected chi connectivity index (χ1v) is 23.6. The first kappa shape index (κ1) is 38.4. The van der Waals surface area contributed by atoms with Crippen LogP contribution < -0.4 is 21.1 Å². The minimum Gasteiger partial charge on any atom is -0.355 e. The zero-order valence-corrected chi connectivity index (χ0v) is 38.4. The van der Waals surface area contributed by atoms with Gasteiger partial charge in [-0.25, -0.2) is 0 Å². The summed E-state index contributed by atoms with van der Waals surface area (Å²) in [6.45, 7) is 16.2. The molecule has 2 aliphatic heterocycles. The van der Waals surface area contributed by atoms with E-state index < -0.39 is 0 Å². The van der Waals surface area contributed by atoms with E-state index in [0.29, 0.717) is 0 Å². The first-order valence-electron chi connectivity index (χ1n) is 22.7. The van der Waals surface area contributed by atoms with Crippen LogP contribution in [0, 0.1) is 0 Å². The van der Waals surface area contributed by atoms with Crippen molar-refractivity contribution in [1.82, 2.24) is 4.57 Å². The van der Waals surface area contributed by atoms with Crippen LogP contribution in [-0.2, 0) is 10.8 Å². The zero-order valence-electron chi connectivity index (χ0n) is 37.6. The van der Waals surface area contributed by atoms with E-state index in [9.17, 15) is 0 Å². The van der Waals surface area contributed by atoms with Gasteiger partial charge in [0.25, 0.3) is 0 Å². The molecule has 3 aliphatic rings. The van der Waals surface area contributed by atoms with Gasteiger partial charge in [-0.05, 0) is 110 Å². The lowest BCUT2D eigenvalue weighted by Crippen LogP contribution is -2.38. The molecule has 10 aromatic rings. The Morgan fingerprint density at radius 3 is 2.20 bits per heavy atom. The number of allylic oxidation sites excluding steroid dienone is 2. The average Bonchev–Trinajstić information content (AvgIpc) is 3.91. The zero-order chi connectivity index (χ0) is 44.1. The molecule has 5 heteroatoms. The highest BCUT2D eigenvalue weighted by Gasteiger charge is 2.37. The predicted octanol–water partition coefficient (Wildman–Crippen LogP) is 14.6. The maximum Gasteiger partial charge on any atom is 0.197 e. The second-order valence-electron chi connectivity index (χ2n) is 19.8. The third-order valence-corrected chi connectivity index (χ3v) is 15.8. The SMILES string of the molecule is C=C1C=C(c2ccccc2)N(C)c2cc3c(cc21)[B]c1c(-c2cc4c(cc2Nc2ccc(C(C)(C)C)cc2)C(C)(C)c2ccccc2-4)ccc2c4cc5sc6ccccc6c5cc4n-3c12. The third-order valence-electron chi connectivity index (χ3n) is 14.6. The van der Waals surface area contributed by atoms with Crippen molar-refractivity contribution in [3.63, 3.8) is 0 Å². The number of rotatable bonds is 4. The normalized spacial score (nSPS) is 14.6. The molecule has 0 fully saturated rings. The largest absolute Gasteiger partial charge is 0.355 e. The van der Waals surface area contributed by atoms with Gasteiger partial charge in [0.15, 0.2) is 7.28 Å². The van der Waals surface area contributed by atoms with Gasteiger partial charge < -0.3 is 14.8 Å². The quantitative estimate of drug-likeness (QED) is 0.178. The molecule has 0 spiro atoms. The molecule has 2 aromatic heterocycles. The summed E-state index contributed by atoms with van der Waals surface area (Å²) in [7, 11) is 4.65. The molecule has 3 nitrogen and oxygen atoms in total. The summed E-state index contributed by atoms with van der Waals surface area (Å²) in [6, 6.07) is 56.9. The molecule has 0 bridgehead atoms. The van der Waals surface area contributed by atoms with Crippen molar-refractivity contribution in [3.05, 3.63) is 192 Å². The smallest absolute Gasteiger partial charge is 0.197 e. The van der Waals surface area contributed by atoms with Crippen LogP contribution in [0.2, 0.25) is 0 Å². The molecular formula is C60H47BN3S. The Hall–Kier alpha value is -7.08. The summed E-state index contributed by atoms with van der Waals surface area (Å²) in [4.78, 5) is 2.34. The van der Waals surface area contributed by atoms with E-state index >= 15 is 0 Å². The Morgan fingerprint density at radius 2 is 1.38 bits per heavy atom. The van der Waals surface area contributed by atoms with Crippen molar-refractivity contribution in [1.29, 1.82) is 0 Å². The predicted molar refractivity (Wildman–Crippen MR) is 282 cm³/mol. The number of hydrogen-bond acceptors (Lipinski definition) is 3. The van der Waals surface area contributed by atoms with Gasteiger partial charge in [-0.1, -0.05) is 150 Å². The maximum absolute atomic E-state index is 4.66. The van der Waals surface area contributed by atoms with Crippen LogP contribution in [-0.4, -0.2) is 18.9 Å². The summed E-state index contributed by atoms with van der Waals surface area (Å²) >= 11 is 1.89. The van der Waals surface area contributed by atoms with E-state index in [1.165, 1.54) is 103 Å². The lowest BCUT2D eigenvalue weighted by Gasteiger charge is -2.33. The molecule has 1 aliphatic carbocycles. The van der Waals surface area contributed by atoms with Gasteiger partial charge >= 0.3 is 0 Å². The Morgan fingerprint density at radius 1 is 0.615 bits per heavy atom. The van der Waals surface area contributed by atoms with Crippen molar-refractivity contribution in [2.75, 3.05) is 17.3 Å². The minimum atomic E-state index is -0.146. The number of hydrogen-bond donors (Lipinski definition) is 1. The average molecular weight is 853 g/mol. The topological polar surface area (TPSA) is 20.2 Å². The van der Waals surface area contributed by atoms with Gasteiger partial charge in [-0.3, -0.25) is 0 Å². The van der Waals surface area contributed by atoms with Gasteiger partial charge in [-0.15, -0.1) is 11.3 Å². The molecule has 0 atom stereocenters. The van der Waals surface area contributed by atoms with Gasteiger partial charge in [-0.2, -0.15) is 0 Å². The molecule has 65 heavy (non-hydrogen) atoms. The van der Waals surface area contributed by atoms with Crippen LogP contribution in [0.15, 0.2) is 164 Å². The Bertz CT molecular complexity index is 3740. The molecule has 1 radical (unpaired) electrons. The molecule has 0 unspecified atom stereocenters. The number of thiophene rings is 1. The monoisotopic (exact) mass is 852 g/mol. The molecule has 0 saturated heterocycles. The molecule has 311 valence electrons. The second kappa shape index (κ2) is 13.5. The van der Waals surface area contributed by atoms with Crippen molar-refractivity contribution < 1.29 is 0 Å². The molecule has 4 heterocycles. The van der Waals surface area contributed by atoms with Crippen molar-refractivity contribution in [2.45, 2.75) is 45.4 Å². The van der Waals surface area contributed by atoms with Crippen LogP contribution in [0.25, 0.3) is 81.2 Å². The summed E-state index contributed by atoms with van der Waals surface area (Å²) < 4.78 is 5.21. The highest BCUT2D eigenvalue weighted by atomic mass is 32.1. The number of nitrogens with one attached hydrogen (secondary N) is 1. The highest BCUT2D eigenvalue weighted by Crippen LogP contribution is 2.52. The van der Waals surface area contributed by atoms with Crippen molar-refractivity contribution >= 4 is 99.9 Å². The number of nitrogens with zero attached hydrogens (tertiary/aromatic N) is 2. The standard InChI is InChI=1S/C60H47BN3S/c1-34-27-51(35-15-9-8-10-16-35)63(7)52-33-54-49(29-42(34)52)61-57-40(25-26-41-45-31-56-46(30-53(45)64(54)58(41)57)39-18-12-14-20-55(39)65-56)44-28-43-38-17-11-13-19-47(38)60(5,6)48(43)32-50(44)62-37-23-21-36(22-24-37)59(2,3)4/h8-33,62H,1H2,2-7H3. The molecule has 13 rings (SSSR count). The first-order chi connectivity index (χ1) is 31.4. The lowest BCUT2D eigenvalue weighted by molar-refractivity contribution is 0.590. The number of benzene rings is 8. The van der Waals surface area contributed by atoms with E-state index in [4.69, 9.17) is 0 Å². The Balaban J connectivity index is 1.08. The van der Waals surface area contributed by atoms with E-state index in [1.807, 2.05) is 11.3 Å². The van der Waals surface area contributed by atoms with Gasteiger partial charge in [0, 0.05) is 82.8 Å². The lowest BCUT2D eigenvalue weighted by atomic mass is 9.58. The van der Waals surface area contributed by atoms with Crippen LogP contribution in [0.5, 0.6) is 0 Å². The summed E-state index contributed by atoms with van der Waals surface area (Å²) in [5.74, 6) is 0. The third kappa shape index (κ3) is 5.55. The summed E-state index contributed by atoms with van der Waals surface area (Å²) in [5, 5.41) is 9.13. The summed E-state index contributed by atoms with van der Waals surface area (Å²) in [5.41, 5.74) is 22.9. The molecular weight excluding hydrogens is 806 g/mol. The highest BCUT2D eigenvalue weighted by molar-refractivity contribution is 7.25. The molecule has 1 N–H and O–H groups in total. The summed E-state index contributed by atoms with van der Waals surface area (Å²) in [6.07, 6.45) is 2.24. The molecule has 0 amide bonds. The molecule has 0 saturated carbocycles. The van der Waals surface area contributed by atoms with Crippen molar-refractivity contribution in [2.24, 2.45) is 0 Å². The Kier molecular flexibility index (Phi) is 7.96. The van der Waals surface area contributed by atoms with Crippen LogP contribution in [0.1, 0.15) is 62.4 Å². The van der Waals surface area contributed by atoms with E-state index in [1.54, 1.807) is 0 Å². The number of fused-ring (bicyclic) bond motifs is 12. The van der Waals surface area contributed by atoms with Crippen LogP contribution in [0.4, 0.5) is 17.1 Å². The van der Waals surface area contributed by atoms with E-state index in [-0.39, 0.29) is 10.8 Å². The fraction of sp³-hybridized carbons (Fsp3) is 0.133.